The van der Waals surface area contributed by atoms with Crippen molar-refractivity contribution in [3.63, 3.8) is 0 Å². The highest BCUT2D eigenvalue weighted by Crippen LogP contribution is 2.36. The Morgan fingerprint density at radius 3 is 2.33 bits per heavy atom. The number of para-hydroxylation sites is 1. The van der Waals surface area contributed by atoms with Crippen LogP contribution in [0.5, 0.6) is 5.75 Å². The molecule has 0 amide bonds. The summed E-state index contributed by atoms with van der Waals surface area (Å²) in [5.74, 6) is 0.992. The van der Waals surface area contributed by atoms with E-state index in [0.29, 0.717) is 6.61 Å². The van der Waals surface area contributed by atoms with E-state index < -0.39 is 0 Å². The third kappa shape index (κ3) is 1.65. The van der Waals surface area contributed by atoms with Crippen LogP contribution in [0.4, 0.5) is 0 Å². The number of rotatable bonds is 0. The number of fused-ring (bicyclic) bond motifs is 3. The van der Waals surface area contributed by atoms with Crippen molar-refractivity contribution in [2.45, 2.75) is 6.61 Å². The molecule has 3 rings (SSSR count). The van der Waals surface area contributed by atoms with E-state index in [9.17, 15) is 0 Å². The predicted molar refractivity (Wildman–Crippen MR) is 66.5 cm³/mol. The Balaban J connectivity index is 0.000000853. The highest BCUT2D eigenvalue weighted by atomic mass is 79.9. The maximum absolute atomic E-state index is 5.65. The van der Waals surface area contributed by atoms with E-state index in [1.807, 2.05) is 18.2 Å². The zero-order valence-electron chi connectivity index (χ0n) is 8.14. The van der Waals surface area contributed by atoms with Crippen molar-refractivity contribution in [1.29, 1.82) is 0 Å². The fourth-order valence-electron chi connectivity index (χ4n) is 1.88. The highest BCUT2D eigenvalue weighted by molar-refractivity contribution is 8.93. The minimum absolute atomic E-state index is 0. The lowest BCUT2D eigenvalue weighted by molar-refractivity contribution is 0.302. The maximum Gasteiger partial charge on any atom is 0.127 e. The summed E-state index contributed by atoms with van der Waals surface area (Å²) in [6.45, 7) is 0.688. The standard InChI is InChI=1S/C13H10O.BrH/c1-2-6-11-10(5-1)9-14-13-8-4-3-7-12(11)13;/h1-8H,9H2;1H. The lowest BCUT2D eigenvalue weighted by Crippen LogP contribution is -2.04. The van der Waals surface area contributed by atoms with E-state index in [4.69, 9.17) is 4.74 Å². The van der Waals surface area contributed by atoms with Crippen LogP contribution >= 0.6 is 17.0 Å². The van der Waals surface area contributed by atoms with E-state index in [-0.39, 0.29) is 17.0 Å². The molecule has 0 aliphatic carbocycles. The molecular weight excluding hydrogens is 252 g/mol. The van der Waals surface area contributed by atoms with E-state index in [1.54, 1.807) is 0 Å². The van der Waals surface area contributed by atoms with Gasteiger partial charge in [0.1, 0.15) is 12.4 Å². The molecule has 76 valence electrons. The molecule has 0 atom stereocenters. The van der Waals surface area contributed by atoms with E-state index in [1.165, 1.54) is 16.7 Å². The molecule has 0 radical (unpaired) electrons. The van der Waals surface area contributed by atoms with Crippen molar-refractivity contribution in [2.24, 2.45) is 0 Å². The smallest absolute Gasteiger partial charge is 0.127 e. The summed E-state index contributed by atoms with van der Waals surface area (Å²) in [6.07, 6.45) is 0. The molecule has 0 saturated carbocycles. The topological polar surface area (TPSA) is 9.23 Å². The fourth-order valence-corrected chi connectivity index (χ4v) is 1.88. The predicted octanol–water partition coefficient (Wildman–Crippen LogP) is 3.82. The van der Waals surface area contributed by atoms with Crippen molar-refractivity contribution in [2.75, 3.05) is 0 Å². The highest BCUT2D eigenvalue weighted by Gasteiger charge is 2.14. The Morgan fingerprint density at radius 1 is 0.800 bits per heavy atom. The second-order valence-electron chi connectivity index (χ2n) is 3.44. The van der Waals surface area contributed by atoms with E-state index in [2.05, 4.69) is 30.3 Å². The van der Waals surface area contributed by atoms with Gasteiger partial charge in [0, 0.05) is 5.56 Å². The average Bonchev–Trinajstić information content (AvgIpc) is 2.29. The van der Waals surface area contributed by atoms with Crippen molar-refractivity contribution in [1.82, 2.24) is 0 Å². The molecule has 1 aliphatic rings. The van der Waals surface area contributed by atoms with Gasteiger partial charge < -0.3 is 4.74 Å². The minimum atomic E-state index is 0. The molecule has 1 aliphatic heterocycles. The van der Waals surface area contributed by atoms with Gasteiger partial charge in [0.25, 0.3) is 0 Å². The molecule has 1 nitrogen and oxygen atoms in total. The third-order valence-corrected chi connectivity index (χ3v) is 2.58. The summed E-state index contributed by atoms with van der Waals surface area (Å²) in [6, 6.07) is 16.6. The molecule has 0 fully saturated rings. The zero-order chi connectivity index (χ0) is 9.38. The van der Waals surface area contributed by atoms with Crippen LogP contribution in [0.2, 0.25) is 0 Å². The van der Waals surface area contributed by atoms with Gasteiger partial charge in [-0.05, 0) is 17.2 Å². The largest absolute Gasteiger partial charge is 0.488 e. The molecule has 15 heavy (non-hydrogen) atoms. The van der Waals surface area contributed by atoms with Gasteiger partial charge in [-0.25, -0.2) is 0 Å². The van der Waals surface area contributed by atoms with Crippen molar-refractivity contribution in [3.05, 3.63) is 54.1 Å². The molecule has 0 saturated heterocycles. The number of benzene rings is 2. The summed E-state index contributed by atoms with van der Waals surface area (Å²) in [5, 5.41) is 0. The van der Waals surface area contributed by atoms with Gasteiger partial charge in [0.2, 0.25) is 0 Å². The molecule has 0 aromatic heterocycles. The molecule has 0 N–H and O–H groups in total. The van der Waals surface area contributed by atoms with Crippen LogP contribution in [0.3, 0.4) is 0 Å². The number of halogens is 1. The lowest BCUT2D eigenvalue weighted by Gasteiger charge is -2.20. The Labute approximate surface area is 99.5 Å². The molecule has 2 aromatic rings. The van der Waals surface area contributed by atoms with Gasteiger partial charge in [-0.3, -0.25) is 0 Å². The molecule has 0 bridgehead atoms. The van der Waals surface area contributed by atoms with Gasteiger partial charge in [-0.2, -0.15) is 0 Å². The Kier molecular flexibility index (Phi) is 2.78. The van der Waals surface area contributed by atoms with E-state index >= 15 is 0 Å². The Morgan fingerprint density at radius 2 is 1.47 bits per heavy atom. The van der Waals surface area contributed by atoms with Crippen LogP contribution in [0.15, 0.2) is 48.5 Å². The SMILES string of the molecule is Br.c1ccc2c(c1)COc1ccccc1-2. The van der Waals surface area contributed by atoms with Crippen LogP contribution in [0, 0.1) is 0 Å². The second-order valence-corrected chi connectivity index (χ2v) is 3.44. The normalized spacial score (nSPS) is 11.7. The first kappa shape index (κ1) is 10.2. The summed E-state index contributed by atoms with van der Waals surface area (Å²) in [7, 11) is 0. The Hall–Kier alpha value is -1.28. The van der Waals surface area contributed by atoms with E-state index in [0.717, 1.165) is 5.75 Å². The number of ether oxygens (including phenoxy) is 1. The molecular formula is C13H11BrO. The van der Waals surface area contributed by atoms with Gasteiger partial charge in [-0.1, -0.05) is 42.5 Å². The van der Waals surface area contributed by atoms with Crippen molar-refractivity contribution < 1.29 is 4.74 Å². The van der Waals surface area contributed by atoms with Crippen LogP contribution < -0.4 is 4.74 Å². The molecule has 2 heteroatoms. The fraction of sp³-hybridized carbons (Fsp3) is 0.0769. The van der Waals surface area contributed by atoms with Gasteiger partial charge in [-0.15, -0.1) is 17.0 Å². The molecule has 0 unspecified atom stereocenters. The second kappa shape index (κ2) is 4.07. The molecule has 0 spiro atoms. The van der Waals surface area contributed by atoms with Crippen LogP contribution in [-0.2, 0) is 6.61 Å². The monoisotopic (exact) mass is 262 g/mol. The number of hydrogen-bond acceptors (Lipinski definition) is 1. The number of hydrogen-bond donors (Lipinski definition) is 0. The van der Waals surface area contributed by atoms with Crippen LogP contribution in [-0.4, -0.2) is 0 Å². The van der Waals surface area contributed by atoms with Gasteiger partial charge >= 0.3 is 0 Å². The van der Waals surface area contributed by atoms with Crippen LogP contribution in [0.1, 0.15) is 5.56 Å². The average molecular weight is 263 g/mol. The van der Waals surface area contributed by atoms with Crippen molar-refractivity contribution in [3.8, 4) is 16.9 Å². The maximum atomic E-state index is 5.65. The van der Waals surface area contributed by atoms with Crippen LogP contribution in [0.25, 0.3) is 11.1 Å². The third-order valence-electron chi connectivity index (χ3n) is 2.58. The molecule has 1 heterocycles. The first-order valence-corrected chi connectivity index (χ1v) is 4.75. The summed E-state index contributed by atoms with van der Waals surface area (Å²) < 4.78 is 5.65. The minimum Gasteiger partial charge on any atom is -0.488 e. The summed E-state index contributed by atoms with van der Waals surface area (Å²) in [4.78, 5) is 0. The van der Waals surface area contributed by atoms with Gasteiger partial charge in [0.15, 0.2) is 0 Å². The first-order valence-electron chi connectivity index (χ1n) is 4.75. The summed E-state index contributed by atoms with van der Waals surface area (Å²) in [5.41, 5.74) is 3.77. The van der Waals surface area contributed by atoms with Gasteiger partial charge in [0.05, 0.1) is 0 Å². The zero-order valence-corrected chi connectivity index (χ0v) is 9.86. The summed E-state index contributed by atoms with van der Waals surface area (Å²) >= 11 is 0. The quantitative estimate of drug-likeness (QED) is 0.702. The van der Waals surface area contributed by atoms with Crippen molar-refractivity contribution >= 4 is 17.0 Å². The first-order chi connectivity index (χ1) is 6.95. The lowest BCUT2D eigenvalue weighted by atomic mass is 9.97. The molecule has 2 aromatic carbocycles. The Bertz CT molecular complexity index is 434.